The molecule has 1 saturated heterocycles. The van der Waals surface area contributed by atoms with E-state index in [9.17, 15) is 4.79 Å². The quantitative estimate of drug-likeness (QED) is 0.729. The molecule has 3 aromatic heterocycles. The van der Waals surface area contributed by atoms with Crippen molar-refractivity contribution in [1.82, 2.24) is 24.4 Å². The van der Waals surface area contributed by atoms with Crippen molar-refractivity contribution in [2.75, 3.05) is 13.1 Å². The smallest absolute Gasteiger partial charge is 0.255 e. The Bertz CT molecular complexity index is 837. The van der Waals surface area contributed by atoms with Gasteiger partial charge in [0.05, 0.1) is 11.8 Å². The van der Waals surface area contributed by atoms with Crippen LogP contribution in [0.3, 0.4) is 0 Å². The van der Waals surface area contributed by atoms with Gasteiger partial charge in [-0.3, -0.25) is 14.3 Å². The van der Waals surface area contributed by atoms with Gasteiger partial charge < -0.3 is 4.90 Å². The number of fused-ring (bicyclic) bond motifs is 1. The van der Waals surface area contributed by atoms with Crippen molar-refractivity contribution >= 4 is 16.9 Å². The van der Waals surface area contributed by atoms with E-state index in [1.54, 1.807) is 24.8 Å². The van der Waals surface area contributed by atoms with Crippen LogP contribution < -0.4 is 0 Å². The highest BCUT2D eigenvalue weighted by Crippen LogP contribution is 2.20. The summed E-state index contributed by atoms with van der Waals surface area (Å²) in [5.74, 6) is 0.788. The summed E-state index contributed by atoms with van der Waals surface area (Å²) in [7, 11) is 0. The maximum absolute atomic E-state index is 12.6. The standard InChI is InChI=1S/C17H17N5O/c23-17(21-7-2-1-3-8-21)14-10-13-4-9-22(16(13)20-11-14)15-12-18-5-6-19-15/h4-6,9-12H,1-3,7-8H2. The van der Waals surface area contributed by atoms with Crippen LogP contribution in [0.5, 0.6) is 0 Å². The van der Waals surface area contributed by atoms with E-state index in [2.05, 4.69) is 15.0 Å². The fourth-order valence-corrected chi connectivity index (χ4v) is 3.02. The fraction of sp³-hybridized carbons (Fsp3) is 0.294. The highest BCUT2D eigenvalue weighted by molar-refractivity contribution is 5.97. The Morgan fingerprint density at radius 3 is 2.70 bits per heavy atom. The van der Waals surface area contributed by atoms with Gasteiger partial charge in [-0.2, -0.15) is 0 Å². The van der Waals surface area contributed by atoms with E-state index >= 15 is 0 Å². The van der Waals surface area contributed by atoms with E-state index in [1.807, 2.05) is 27.8 Å². The monoisotopic (exact) mass is 307 g/mol. The zero-order chi connectivity index (χ0) is 15.6. The average Bonchev–Trinajstić information content (AvgIpc) is 3.06. The minimum absolute atomic E-state index is 0.0753. The maximum atomic E-state index is 12.6. The number of aromatic nitrogens is 4. The van der Waals surface area contributed by atoms with E-state index < -0.39 is 0 Å². The van der Waals surface area contributed by atoms with Crippen LogP contribution in [0.2, 0.25) is 0 Å². The topological polar surface area (TPSA) is 63.9 Å². The summed E-state index contributed by atoms with van der Waals surface area (Å²) >= 11 is 0. The molecule has 0 bridgehead atoms. The SMILES string of the molecule is O=C(c1cnc2c(ccn2-c2cnccn2)c1)N1CCCCC1. The molecule has 1 aliphatic heterocycles. The third-order valence-corrected chi connectivity index (χ3v) is 4.21. The number of rotatable bonds is 2. The molecular weight excluding hydrogens is 290 g/mol. The fourth-order valence-electron chi connectivity index (χ4n) is 3.02. The van der Waals surface area contributed by atoms with Gasteiger partial charge >= 0.3 is 0 Å². The molecule has 1 amide bonds. The summed E-state index contributed by atoms with van der Waals surface area (Å²) in [5, 5.41) is 0.929. The lowest BCUT2D eigenvalue weighted by molar-refractivity contribution is 0.0724. The third-order valence-electron chi connectivity index (χ3n) is 4.21. The van der Waals surface area contributed by atoms with Gasteiger partial charge in [0.2, 0.25) is 0 Å². The molecule has 1 aliphatic rings. The van der Waals surface area contributed by atoms with Gasteiger partial charge in [0.15, 0.2) is 5.82 Å². The molecule has 0 N–H and O–H groups in total. The first-order valence-electron chi connectivity index (χ1n) is 7.86. The summed E-state index contributed by atoms with van der Waals surface area (Å²) in [6, 6.07) is 3.86. The van der Waals surface area contributed by atoms with Gasteiger partial charge in [-0.1, -0.05) is 0 Å². The Balaban J connectivity index is 1.68. The normalized spacial score (nSPS) is 15.0. The lowest BCUT2D eigenvalue weighted by Crippen LogP contribution is -2.35. The zero-order valence-electron chi connectivity index (χ0n) is 12.7. The molecule has 1 fully saturated rings. The largest absolute Gasteiger partial charge is 0.339 e. The number of nitrogens with zero attached hydrogens (tertiary/aromatic N) is 5. The van der Waals surface area contributed by atoms with E-state index in [-0.39, 0.29) is 5.91 Å². The molecule has 0 saturated carbocycles. The summed E-state index contributed by atoms with van der Waals surface area (Å²) in [6.45, 7) is 1.69. The van der Waals surface area contributed by atoms with Crippen molar-refractivity contribution in [3.8, 4) is 5.82 Å². The van der Waals surface area contributed by atoms with Crippen molar-refractivity contribution in [2.45, 2.75) is 19.3 Å². The van der Waals surface area contributed by atoms with Gasteiger partial charge in [-0.25, -0.2) is 9.97 Å². The molecule has 0 aliphatic carbocycles. The predicted octanol–water partition coefficient (Wildman–Crippen LogP) is 2.44. The Morgan fingerprint density at radius 1 is 1.04 bits per heavy atom. The molecule has 0 spiro atoms. The second kappa shape index (κ2) is 5.79. The van der Waals surface area contributed by atoms with Gasteiger partial charge in [0, 0.05) is 43.3 Å². The molecule has 0 aromatic carbocycles. The number of likely N-dealkylation sites (tertiary alicyclic amines) is 1. The lowest BCUT2D eigenvalue weighted by atomic mass is 10.1. The first kappa shape index (κ1) is 13.9. The molecule has 23 heavy (non-hydrogen) atoms. The summed E-state index contributed by atoms with van der Waals surface area (Å²) in [6.07, 6.45) is 11.9. The van der Waals surface area contributed by atoms with Crippen molar-refractivity contribution in [1.29, 1.82) is 0 Å². The maximum Gasteiger partial charge on any atom is 0.255 e. The molecule has 0 atom stereocenters. The molecule has 0 unspecified atom stereocenters. The number of hydrogen-bond donors (Lipinski definition) is 0. The Kier molecular flexibility index (Phi) is 3.49. The van der Waals surface area contributed by atoms with Gasteiger partial charge in [0.25, 0.3) is 5.91 Å². The summed E-state index contributed by atoms with van der Waals surface area (Å²) in [5.41, 5.74) is 1.43. The van der Waals surface area contributed by atoms with Crippen molar-refractivity contribution in [2.24, 2.45) is 0 Å². The Hall–Kier alpha value is -2.76. The molecule has 4 heterocycles. The number of carbonyl (C=O) groups excluding carboxylic acids is 1. The number of carbonyl (C=O) groups is 1. The van der Waals surface area contributed by atoms with Crippen LogP contribution in [0, 0.1) is 0 Å². The molecule has 116 valence electrons. The number of pyridine rings is 1. The second-order valence-corrected chi connectivity index (χ2v) is 5.74. The van der Waals surface area contributed by atoms with E-state index in [1.165, 1.54) is 6.42 Å². The minimum atomic E-state index is 0.0753. The van der Waals surface area contributed by atoms with Crippen molar-refractivity contribution in [3.05, 3.63) is 48.7 Å². The lowest BCUT2D eigenvalue weighted by Gasteiger charge is -2.26. The van der Waals surface area contributed by atoms with Crippen LogP contribution in [0.4, 0.5) is 0 Å². The highest BCUT2D eigenvalue weighted by atomic mass is 16.2. The Labute approximate surface area is 133 Å². The van der Waals surface area contributed by atoms with Gasteiger partial charge in [-0.15, -0.1) is 0 Å². The molecule has 6 nitrogen and oxygen atoms in total. The van der Waals surface area contributed by atoms with Crippen LogP contribution in [0.1, 0.15) is 29.6 Å². The summed E-state index contributed by atoms with van der Waals surface area (Å²) < 4.78 is 1.87. The van der Waals surface area contributed by atoms with Crippen LogP contribution in [0.15, 0.2) is 43.1 Å². The first-order chi connectivity index (χ1) is 11.3. The number of piperidine rings is 1. The molecule has 4 rings (SSSR count). The van der Waals surface area contributed by atoms with Crippen LogP contribution in [-0.2, 0) is 0 Å². The first-order valence-corrected chi connectivity index (χ1v) is 7.86. The number of hydrogen-bond acceptors (Lipinski definition) is 4. The predicted molar refractivity (Wildman–Crippen MR) is 86.4 cm³/mol. The summed E-state index contributed by atoms with van der Waals surface area (Å²) in [4.78, 5) is 27.4. The van der Waals surface area contributed by atoms with Crippen LogP contribution in [-0.4, -0.2) is 43.4 Å². The highest BCUT2D eigenvalue weighted by Gasteiger charge is 2.19. The molecular formula is C17H17N5O. The average molecular weight is 307 g/mol. The van der Waals surface area contributed by atoms with Crippen LogP contribution >= 0.6 is 0 Å². The van der Waals surface area contributed by atoms with Crippen molar-refractivity contribution in [3.63, 3.8) is 0 Å². The third kappa shape index (κ3) is 2.56. The second-order valence-electron chi connectivity index (χ2n) is 5.74. The van der Waals surface area contributed by atoms with Gasteiger partial charge in [0.1, 0.15) is 5.65 Å². The number of amides is 1. The molecule has 6 heteroatoms. The van der Waals surface area contributed by atoms with Crippen LogP contribution in [0.25, 0.3) is 16.9 Å². The zero-order valence-corrected chi connectivity index (χ0v) is 12.7. The van der Waals surface area contributed by atoms with E-state index in [0.29, 0.717) is 11.4 Å². The molecule has 0 radical (unpaired) electrons. The van der Waals surface area contributed by atoms with Gasteiger partial charge in [-0.05, 0) is 31.4 Å². The van der Waals surface area contributed by atoms with E-state index in [4.69, 9.17) is 0 Å². The van der Waals surface area contributed by atoms with E-state index in [0.717, 1.165) is 37.0 Å². The minimum Gasteiger partial charge on any atom is -0.339 e. The Morgan fingerprint density at radius 2 is 1.91 bits per heavy atom. The molecule has 3 aromatic rings. The van der Waals surface area contributed by atoms with Crippen molar-refractivity contribution < 1.29 is 4.79 Å².